The van der Waals surface area contributed by atoms with E-state index in [9.17, 15) is 9.90 Å². The topological polar surface area (TPSA) is 91.1 Å². The van der Waals surface area contributed by atoms with Gasteiger partial charge in [-0.15, -0.1) is 0 Å². The van der Waals surface area contributed by atoms with Crippen molar-refractivity contribution in [2.24, 2.45) is 0 Å². The highest BCUT2D eigenvalue weighted by Crippen LogP contribution is 2.23. The molecule has 0 aliphatic heterocycles. The van der Waals surface area contributed by atoms with E-state index in [1.807, 2.05) is 12.1 Å². The molecule has 5 N–H and O–H groups in total. The van der Waals surface area contributed by atoms with Gasteiger partial charge in [-0.05, 0) is 30.7 Å². The Morgan fingerprint density at radius 1 is 1.24 bits per heavy atom. The first-order chi connectivity index (χ1) is 10.0. The van der Waals surface area contributed by atoms with Gasteiger partial charge < -0.3 is 21.1 Å². The van der Waals surface area contributed by atoms with Crippen molar-refractivity contribution in [1.29, 1.82) is 0 Å². The van der Waals surface area contributed by atoms with Gasteiger partial charge in [0.05, 0.1) is 11.2 Å². The number of fused-ring (bicyclic) bond motifs is 1. The van der Waals surface area contributed by atoms with Gasteiger partial charge in [0, 0.05) is 17.1 Å². The standard InChI is InChI=1S/C16H15N3O2/c1-9-5-6-11(8-14(9)20)18-16(21)13-7-10-3-2-4-12(17)15(10)19-13/h2-8,19-20H,17H2,1H3,(H,18,21). The number of benzene rings is 2. The quantitative estimate of drug-likeness (QED) is 0.544. The highest BCUT2D eigenvalue weighted by molar-refractivity contribution is 6.07. The van der Waals surface area contributed by atoms with E-state index in [2.05, 4.69) is 10.3 Å². The zero-order valence-corrected chi connectivity index (χ0v) is 11.5. The van der Waals surface area contributed by atoms with Gasteiger partial charge in [0.1, 0.15) is 11.4 Å². The molecule has 106 valence electrons. The normalized spacial score (nSPS) is 10.7. The second kappa shape index (κ2) is 4.86. The van der Waals surface area contributed by atoms with Gasteiger partial charge in [-0.2, -0.15) is 0 Å². The first-order valence-electron chi connectivity index (χ1n) is 6.53. The largest absolute Gasteiger partial charge is 0.508 e. The first kappa shape index (κ1) is 13.1. The van der Waals surface area contributed by atoms with Crippen molar-refractivity contribution in [1.82, 2.24) is 4.98 Å². The van der Waals surface area contributed by atoms with E-state index < -0.39 is 0 Å². The number of phenolic OH excluding ortho intramolecular Hbond substituents is 1. The lowest BCUT2D eigenvalue weighted by molar-refractivity contribution is 0.102. The zero-order valence-electron chi connectivity index (χ0n) is 11.5. The van der Waals surface area contributed by atoms with Crippen LogP contribution < -0.4 is 11.1 Å². The molecule has 0 atom stereocenters. The van der Waals surface area contributed by atoms with E-state index >= 15 is 0 Å². The van der Waals surface area contributed by atoms with Gasteiger partial charge in [-0.3, -0.25) is 4.79 Å². The Balaban J connectivity index is 1.90. The molecule has 0 saturated carbocycles. The van der Waals surface area contributed by atoms with E-state index in [0.717, 1.165) is 16.5 Å². The van der Waals surface area contributed by atoms with Crippen LogP contribution in [0.15, 0.2) is 42.5 Å². The number of aryl methyl sites for hydroxylation is 1. The molecule has 3 rings (SSSR count). The molecular weight excluding hydrogens is 266 g/mol. The molecule has 0 aliphatic rings. The Bertz CT molecular complexity index is 837. The summed E-state index contributed by atoms with van der Waals surface area (Å²) in [5.41, 5.74) is 8.92. The molecule has 0 bridgehead atoms. The Hall–Kier alpha value is -2.95. The molecule has 0 unspecified atom stereocenters. The van der Waals surface area contributed by atoms with Crippen LogP contribution in [0.3, 0.4) is 0 Å². The Morgan fingerprint density at radius 3 is 2.76 bits per heavy atom. The maximum Gasteiger partial charge on any atom is 0.272 e. The number of rotatable bonds is 2. The lowest BCUT2D eigenvalue weighted by atomic mass is 10.2. The van der Waals surface area contributed by atoms with Gasteiger partial charge in [-0.25, -0.2) is 0 Å². The fourth-order valence-electron chi connectivity index (χ4n) is 2.19. The van der Waals surface area contributed by atoms with Crippen LogP contribution in [0.4, 0.5) is 11.4 Å². The molecule has 1 heterocycles. The summed E-state index contributed by atoms with van der Waals surface area (Å²) in [5.74, 6) is -0.137. The zero-order chi connectivity index (χ0) is 15.0. The number of amides is 1. The molecule has 3 aromatic rings. The number of carbonyl (C=O) groups is 1. The van der Waals surface area contributed by atoms with Crippen LogP contribution in [-0.2, 0) is 0 Å². The molecule has 0 aliphatic carbocycles. The average molecular weight is 281 g/mol. The number of nitrogens with two attached hydrogens (primary N) is 1. The van der Waals surface area contributed by atoms with Crippen LogP contribution in [0.2, 0.25) is 0 Å². The van der Waals surface area contributed by atoms with Crippen LogP contribution in [0.1, 0.15) is 16.1 Å². The summed E-state index contributed by atoms with van der Waals surface area (Å²) in [7, 11) is 0. The van der Waals surface area contributed by atoms with Crippen LogP contribution in [-0.4, -0.2) is 16.0 Å². The molecule has 0 spiro atoms. The number of hydrogen-bond donors (Lipinski definition) is 4. The SMILES string of the molecule is Cc1ccc(NC(=O)c2cc3cccc(N)c3[nH]2)cc1O. The Morgan fingerprint density at radius 2 is 2.05 bits per heavy atom. The highest BCUT2D eigenvalue weighted by atomic mass is 16.3. The fraction of sp³-hybridized carbons (Fsp3) is 0.0625. The Labute approximate surface area is 121 Å². The van der Waals surface area contributed by atoms with Crippen molar-refractivity contribution in [2.75, 3.05) is 11.1 Å². The predicted molar refractivity (Wildman–Crippen MR) is 83.5 cm³/mol. The summed E-state index contributed by atoms with van der Waals surface area (Å²) in [5, 5.41) is 13.3. The van der Waals surface area contributed by atoms with E-state index in [1.165, 1.54) is 6.07 Å². The van der Waals surface area contributed by atoms with Gasteiger partial charge in [0.15, 0.2) is 0 Å². The summed E-state index contributed by atoms with van der Waals surface area (Å²) in [6.07, 6.45) is 0. The number of nitrogen functional groups attached to an aromatic ring is 1. The van der Waals surface area contributed by atoms with Crippen molar-refractivity contribution < 1.29 is 9.90 Å². The third-order valence-corrected chi connectivity index (χ3v) is 3.40. The predicted octanol–water partition coefficient (Wildman–Crippen LogP) is 3.02. The van der Waals surface area contributed by atoms with Gasteiger partial charge in [-0.1, -0.05) is 18.2 Å². The lowest BCUT2D eigenvalue weighted by Crippen LogP contribution is -2.12. The number of hydrogen-bond acceptors (Lipinski definition) is 3. The molecule has 0 saturated heterocycles. The number of aromatic hydroxyl groups is 1. The second-order valence-corrected chi connectivity index (χ2v) is 4.95. The summed E-state index contributed by atoms with van der Waals surface area (Å²) in [6.45, 7) is 1.79. The lowest BCUT2D eigenvalue weighted by Gasteiger charge is -2.05. The smallest absolute Gasteiger partial charge is 0.272 e. The van der Waals surface area contributed by atoms with Gasteiger partial charge >= 0.3 is 0 Å². The van der Waals surface area contributed by atoms with Crippen molar-refractivity contribution in [3.8, 4) is 5.75 Å². The minimum absolute atomic E-state index is 0.147. The minimum atomic E-state index is -0.283. The monoisotopic (exact) mass is 281 g/mol. The van der Waals surface area contributed by atoms with E-state index in [1.54, 1.807) is 31.2 Å². The molecule has 1 amide bonds. The van der Waals surface area contributed by atoms with Crippen LogP contribution >= 0.6 is 0 Å². The summed E-state index contributed by atoms with van der Waals surface area (Å²) >= 11 is 0. The molecule has 0 fully saturated rings. The second-order valence-electron chi connectivity index (χ2n) is 4.95. The summed E-state index contributed by atoms with van der Waals surface area (Å²) < 4.78 is 0. The number of phenols is 1. The highest BCUT2D eigenvalue weighted by Gasteiger charge is 2.11. The molecule has 21 heavy (non-hydrogen) atoms. The van der Waals surface area contributed by atoms with Crippen molar-refractivity contribution in [2.45, 2.75) is 6.92 Å². The number of nitrogens with one attached hydrogen (secondary N) is 2. The number of aromatic nitrogens is 1. The third-order valence-electron chi connectivity index (χ3n) is 3.40. The van der Waals surface area contributed by atoms with Crippen LogP contribution in [0.25, 0.3) is 10.9 Å². The minimum Gasteiger partial charge on any atom is -0.508 e. The number of H-pyrrole nitrogens is 1. The van der Waals surface area contributed by atoms with E-state index in [4.69, 9.17) is 5.73 Å². The summed E-state index contributed by atoms with van der Waals surface area (Å²) in [6, 6.07) is 12.2. The number of carbonyl (C=O) groups excluding carboxylic acids is 1. The number of aromatic amines is 1. The van der Waals surface area contributed by atoms with Crippen molar-refractivity contribution in [3.63, 3.8) is 0 Å². The molecule has 1 aromatic heterocycles. The Kier molecular flexibility index (Phi) is 3.02. The van der Waals surface area contributed by atoms with Gasteiger partial charge in [0.2, 0.25) is 0 Å². The number of para-hydroxylation sites is 1. The maximum atomic E-state index is 12.2. The molecule has 5 nitrogen and oxygen atoms in total. The first-order valence-corrected chi connectivity index (χ1v) is 6.53. The van der Waals surface area contributed by atoms with Crippen molar-refractivity contribution >= 4 is 28.2 Å². The van der Waals surface area contributed by atoms with Crippen LogP contribution in [0, 0.1) is 6.92 Å². The fourth-order valence-corrected chi connectivity index (χ4v) is 2.19. The van der Waals surface area contributed by atoms with Gasteiger partial charge in [0.25, 0.3) is 5.91 Å². The third kappa shape index (κ3) is 2.41. The average Bonchev–Trinajstić information content (AvgIpc) is 2.89. The molecule has 5 heteroatoms. The van der Waals surface area contributed by atoms with Crippen LogP contribution in [0.5, 0.6) is 5.75 Å². The number of anilines is 2. The van der Waals surface area contributed by atoms with E-state index in [0.29, 0.717) is 17.1 Å². The molecule has 0 radical (unpaired) electrons. The molecule has 2 aromatic carbocycles. The maximum absolute atomic E-state index is 12.2. The summed E-state index contributed by atoms with van der Waals surface area (Å²) in [4.78, 5) is 15.2. The van der Waals surface area contributed by atoms with Crippen molar-refractivity contribution in [3.05, 3.63) is 53.7 Å². The van der Waals surface area contributed by atoms with E-state index in [-0.39, 0.29) is 11.7 Å². The molecular formula is C16H15N3O2.